The number of carbonyl (C=O) groups is 1. The lowest BCUT2D eigenvalue weighted by molar-refractivity contribution is -0.137. The Labute approximate surface area is 176 Å². The van der Waals surface area contributed by atoms with Crippen molar-refractivity contribution < 1.29 is 15.0 Å². The quantitative estimate of drug-likeness (QED) is 0.457. The number of benzene rings is 4. The highest BCUT2D eigenvalue weighted by Crippen LogP contribution is 2.24. The molecule has 30 heavy (non-hydrogen) atoms. The molecule has 3 nitrogen and oxygen atoms in total. The molecule has 0 radical (unpaired) electrons. The predicted molar refractivity (Wildman–Crippen MR) is 119 cm³/mol. The number of aliphatic carboxylic acids is 1. The lowest BCUT2D eigenvalue weighted by atomic mass is 9.92. The van der Waals surface area contributed by atoms with E-state index in [1.807, 2.05) is 121 Å². The van der Waals surface area contributed by atoms with E-state index >= 15 is 0 Å². The fourth-order valence-electron chi connectivity index (χ4n) is 3.23. The van der Waals surface area contributed by atoms with Gasteiger partial charge in [-0.05, 0) is 22.3 Å². The Morgan fingerprint density at radius 2 is 0.767 bits per heavy atom. The number of hydrogen-bond donors (Lipinski definition) is 2. The Hall–Kier alpha value is -3.69. The topological polar surface area (TPSA) is 57.5 Å². The first-order valence-corrected chi connectivity index (χ1v) is 9.77. The summed E-state index contributed by atoms with van der Waals surface area (Å²) in [6.07, 6.45) is -0.516. The van der Waals surface area contributed by atoms with E-state index in [-0.39, 0.29) is 0 Å². The van der Waals surface area contributed by atoms with Gasteiger partial charge >= 0.3 is 5.97 Å². The number of rotatable bonds is 5. The third-order valence-corrected chi connectivity index (χ3v) is 4.74. The van der Waals surface area contributed by atoms with Crippen LogP contribution < -0.4 is 0 Å². The maximum absolute atomic E-state index is 11.3. The normalized spacial score (nSPS) is 10.4. The molecule has 0 fully saturated rings. The average molecular weight is 396 g/mol. The highest BCUT2D eigenvalue weighted by atomic mass is 16.4. The van der Waals surface area contributed by atoms with Crippen molar-refractivity contribution in [1.29, 1.82) is 0 Å². The third kappa shape index (κ3) is 5.66. The van der Waals surface area contributed by atoms with Gasteiger partial charge in [-0.3, -0.25) is 4.79 Å². The monoisotopic (exact) mass is 396 g/mol. The summed E-state index contributed by atoms with van der Waals surface area (Å²) in [4.78, 5) is 11.3. The van der Waals surface area contributed by atoms with Crippen LogP contribution >= 0.6 is 0 Å². The van der Waals surface area contributed by atoms with Crippen molar-refractivity contribution in [3.8, 4) is 0 Å². The molecule has 4 rings (SSSR count). The fraction of sp³-hybridized carbons (Fsp3) is 0.0741. The summed E-state index contributed by atoms with van der Waals surface area (Å²) in [5.41, 5.74) is 3.47. The molecule has 0 aromatic heterocycles. The largest absolute Gasteiger partial charge is 0.481 e. The molecule has 0 aliphatic carbocycles. The Kier molecular flexibility index (Phi) is 7.53. The first-order chi connectivity index (χ1) is 14.7. The Balaban J connectivity index is 0.000000172. The van der Waals surface area contributed by atoms with Gasteiger partial charge in [0, 0.05) is 0 Å². The zero-order chi connectivity index (χ0) is 21.2. The Morgan fingerprint density at radius 3 is 1.03 bits per heavy atom. The van der Waals surface area contributed by atoms with Gasteiger partial charge in [-0.1, -0.05) is 121 Å². The summed E-state index contributed by atoms with van der Waals surface area (Å²) >= 11 is 0. The minimum Gasteiger partial charge on any atom is -0.481 e. The molecule has 0 atom stereocenters. The van der Waals surface area contributed by atoms with Gasteiger partial charge in [0.05, 0.1) is 0 Å². The van der Waals surface area contributed by atoms with E-state index in [1.54, 1.807) is 0 Å². The second-order valence-electron chi connectivity index (χ2n) is 6.82. The van der Waals surface area contributed by atoms with Crippen LogP contribution in [-0.4, -0.2) is 16.2 Å². The molecule has 4 aromatic carbocycles. The molecule has 0 heterocycles. The van der Waals surface area contributed by atoms with Crippen LogP contribution in [0.25, 0.3) is 0 Å². The van der Waals surface area contributed by atoms with Crippen molar-refractivity contribution in [2.45, 2.75) is 12.0 Å². The van der Waals surface area contributed by atoms with E-state index < -0.39 is 18.0 Å². The van der Waals surface area contributed by atoms with E-state index in [0.717, 1.165) is 22.3 Å². The second-order valence-corrected chi connectivity index (χ2v) is 6.82. The zero-order valence-electron chi connectivity index (χ0n) is 16.5. The molecule has 3 heteroatoms. The minimum absolute atomic E-state index is 0.516. The van der Waals surface area contributed by atoms with Crippen LogP contribution in [0.15, 0.2) is 121 Å². The SMILES string of the molecule is O=C(O)C(c1ccccc1)c1ccccc1.OC(c1ccccc1)c1ccccc1. The van der Waals surface area contributed by atoms with Gasteiger partial charge in [-0.2, -0.15) is 0 Å². The second kappa shape index (κ2) is 10.7. The first-order valence-electron chi connectivity index (χ1n) is 9.77. The van der Waals surface area contributed by atoms with Crippen LogP contribution in [0.4, 0.5) is 0 Å². The third-order valence-electron chi connectivity index (χ3n) is 4.74. The van der Waals surface area contributed by atoms with Crippen LogP contribution in [0.3, 0.4) is 0 Å². The molecule has 0 amide bonds. The number of aliphatic hydroxyl groups is 1. The lowest BCUT2D eigenvalue weighted by Gasteiger charge is -2.12. The molecule has 2 N–H and O–H groups in total. The van der Waals surface area contributed by atoms with Crippen molar-refractivity contribution in [2.24, 2.45) is 0 Å². The van der Waals surface area contributed by atoms with Crippen LogP contribution in [0.5, 0.6) is 0 Å². The number of carboxylic acid groups (broad SMARTS) is 1. The molecule has 0 spiro atoms. The van der Waals surface area contributed by atoms with Crippen molar-refractivity contribution in [1.82, 2.24) is 0 Å². The van der Waals surface area contributed by atoms with E-state index in [4.69, 9.17) is 0 Å². The molecule has 4 aromatic rings. The van der Waals surface area contributed by atoms with Crippen molar-refractivity contribution in [2.75, 3.05) is 0 Å². The Bertz CT molecular complexity index is 938. The molecule has 0 saturated heterocycles. The van der Waals surface area contributed by atoms with Gasteiger partial charge in [0.15, 0.2) is 0 Å². The van der Waals surface area contributed by atoms with E-state index in [0.29, 0.717) is 0 Å². The maximum Gasteiger partial charge on any atom is 0.315 e. The smallest absolute Gasteiger partial charge is 0.315 e. The highest BCUT2D eigenvalue weighted by molar-refractivity contribution is 5.80. The predicted octanol–water partition coefficient (Wildman–Crippen LogP) is 5.67. The van der Waals surface area contributed by atoms with Gasteiger partial charge < -0.3 is 10.2 Å². The number of aliphatic hydroxyl groups excluding tert-OH is 1. The van der Waals surface area contributed by atoms with E-state index in [1.165, 1.54) is 0 Å². The maximum atomic E-state index is 11.3. The summed E-state index contributed by atoms with van der Waals surface area (Å²) in [5.74, 6) is -1.40. The van der Waals surface area contributed by atoms with Crippen LogP contribution in [0, 0.1) is 0 Å². The van der Waals surface area contributed by atoms with Crippen LogP contribution in [-0.2, 0) is 4.79 Å². The Morgan fingerprint density at radius 1 is 0.500 bits per heavy atom. The summed E-state index contributed by atoms with van der Waals surface area (Å²) < 4.78 is 0. The zero-order valence-corrected chi connectivity index (χ0v) is 16.5. The molecule has 0 aliphatic heterocycles. The van der Waals surface area contributed by atoms with Gasteiger partial charge in [0.25, 0.3) is 0 Å². The van der Waals surface area contributed by atoms with Crippen molar-refractivity contribution >= 4 is 5.97 Å². The standard InChI is InChI=1S/C14H12O2.C13H12O/c15-14(16)13(11-7-3-1-4-8-11)12-9-5-2-6-10-12;14-13(11-7-3-1-4-8-11)12-9-5-2-6-10-12/h1-10,13H,(H,15,16);1-10,13-14H. The van der Waals surface area contributed by atoms with E-state index in [9.17, 15) is 15.0 Å². The molecule has 0 aliphatic rings. The highest BCUT2D eigenvalue weighted by Gasteiger charge is 2.21. The van der Waals surface area contributed by atoms with Crippen LogP contribution in [0.1, 0.15) is 34.3 Å². The van der Waals surface area contributed by atoms with Crippen molar-refractivity contribution in [3.05, 3.63) is 144 Å². The number of hydrogen-bond acceptors (Lipinski definition) is 2. The molecular formula is C27H24O3. The van der Waals surface area contributed by atoms with E-state index in [2.05, 4.69) is 0 Å². The van der Waals surface area contributed by atoms with Gasteiger partial charge in [-0.15, -0.1) is 0 Å². The minimum atomic E-state index is -0.822. The summed E-state index contributed by atoms with van der Waals surface area (Å²) in [6.45, 7) is 0. The van der Waals surface area contributed by atoms with Gasteiger partial charge in [0.2, 0.25) is 0 Å². The molecule has 0 saturated carbocycles. The summed E-state index contributed by atoms with van der Waals surface area (Å²) in [5, 5.41) is 19.3. The van der Waals surface area contributed by atoms with Gasteiger partial charge in [-0.25, -0.2) is 0 Å². The molecule has 0 bridgehead atoms. The molecular weight excluding hydrogens is 372 g/mol. The average Bonchev–Trinajstić information content (AvgIpc) is 2.81. The number of carboxylic acids is 1. The first kappa shape index (κ1) is 21.0. The molecule has 150 valence electrons. The summed E-state index contributed by atoms with van der Waals surface area (Å²) in [7, 11) is 0. The summed E-state index contributed by atoms with van der Waals surface area (Å²) in [6, 6.07) is 37.9. The van der Waals surface area contributed by atoms with Crippen molar-refractivity contribution in [3.63, 3.8) is 0 Å². The fourth-order valence-corrected chi connectivity index (χ4v) is 3.23. The lowest BCUT2D eigenvalue weighted by Crippen LogP contribution is -2.12. The molecule has 0 unspecified atom stereocenters. The van der Waals surface area contributed by atoms with Crippen LogP contribution in [0.2, 0.25) is 0 Å². The van der Waals surface area contributed by atoms with Gasteiger partial charge in [0.1, 0.15) is 12.0 Å².